The predicted octanol–water partition coefficient (Wildman–Crippen LogP) is 4.93. The van der Waals surface area contributed by atoms with E-state index in [2.05, 4.69) is 5.32 Å². The Hall–Kier alpha value is -4.05. The number of ether oxygens (including phenoxy) is 1. The molecule has 3 aromatic rings. The van der Waals surface area contributed by atoms with E-state index in [1.165, 1.54) is 23.9 Å². The minimum atomic E-state index is -1.07. The van der Waals surface area contributed by atoms with Crippen molar-refractivity contribution >= 4 is 29.3 Å². The lowest BCUT2D eigenvalue weighted by Gasteiger charge is -2.33. The smallest absolute Gasteiger partial charge is 0.244 e. The van der Waals surface area contributed by atoms with E-state index in [4.69, 9.17) is 10.00 Å². The molecule has 2 amide bonds. The molecule has 0 bridgehead atoms. The van der Waals surface area contributed by atoms with Gasteiger partial charge in [0.1, 0.15) is 36.0 Å². The molecule has 6 rings (SSSR count). The molecule has 0 saturated carbocycles. The van der Waals surface area contributed by atoms with Gasteiger partial charge in [-0.15, -0.1) is 11.8 Å². The van der Waals surface area contributed by atoms with E-state index < -0.39 is 35.6 Å². The molecule has 2 fully saturated rings. The third-order valence-corrected chi connectivity index (χ3v) is 9.72. The molecule has 0 aliphatic carbocycles. The Balaban J connectivity index is 1.08. The lowest BCUT2D eigenvalue weighted by molar-refractivity contribution is -0.141. The van der Waals surface area contributed by atoms with Crippen LogP contribution in [0.2, 0.25) is 0 Å². The van der Waals surface area contributed by atoms with Gasteiger partial charge in [0.2, 0.25) is 11.8 Å². The van der Waals surface area contributed by atoms with Crippen LogP contribution in [0.3, 0.4) is 0 Å². The third-order valence-electron chi connectivity index (χ3n) is 8.35. The molecule has 44 heavy (non-hydrogen) atoms. The van der Waals surface area contributed by atoms with Crippen LogP contribution < -0.4 is 15.0 Å². The number of amides is 2. The minimum absolute atomic E-state index is 0.0225. The van der Waals surface area contributed by atoms with Crippen molar-refractivity contribution < 1.29 is 32.6 Å². The second-order valence-corrected chi connectivity index (χ2v) is 12.4. The van der Waals surface area contributed by atoms with Crippen molar-refractivity contribution in [3.8, 4) is 11.8 Å². The molecule has 0 radical (unpaired) electrons. The molecule has 228 valence electrons. The highest BCUT2D eigenvalue weighted by atomic mass is 32.2. The number of anilines is 1. The number of fused-ring (bicyclic) bond motifs is 1. The van der Waals surface area contributed by atoms with Crippen molar-refractivity contribution in [1.29, 1.82) is 5.26 Å². The normalized spacial score (nSPS) is 20.8. The Morgan fingerprint density at radius 1 is 1.02 bits per heavy atom. The Bertz CT molecular complexity index is 1660. The quantitative estimate of drug-likeness (QED) is 0.358. The van der Waals surface area contributed by atoms with Gasteiger partial charge in [0.25, 0.3) is 0 Å². The van der Waals surface area contributed by atoms with E-state index >= 15 is 8.78 Å². The molecule has 1 unspecified atom stereocenters. The summed E-state index contributed by atoms with van der Waals surface area (Å²) in [6, 6.07) is 13.0. The molecule has 3 aliphatic rings. The van der Waals surface area contributed by atoms with Gasteiger partial charge in [-0.25, -0.2) is 13.2 Å². The van der Waals surface area contributed by atoms with Gasteiger partial charge in [0.05, 0.1) is 23.4 Å². The van der Waals surface area contributed by atoms with Gasteiger partial charge in [-0.3, -0.25) is 19.8 Å². The summed E-state index contributed by atoms with van der Waals surface area (Å²) in [5.41, 5.74) is 1.92. The Labute approximate surface area is 256 Å². The average molecular weight is 623 g/mol. The van der Waals surface area contributed by atoms with Gasteiger partial charge in [-0.1, -0.05) is 12.1 Å². The van der Waals surface area contributed by atoms with Gasteiger partial charge >= 0.3 is 0 Å². The summed E-state index contributed by atoms with van der Waals surface area (Å²) in [5.74, 6) is -2.04. The first-order valence-electron chi connectivity index (χ1n) is 14.3. The molecule has 12 heteroatoms. The minimum Gasteiger partial charge on any atom is -0.488 e. The first-order valence-corrected chi connectivity index (χ1v) is 15.2. The molecule has 2 saturated heterocycles. The van der Waals surface area contributed by atoms with Crippen molar-refractivity contribution in [3.05, 3.63) is 88.2 Å². The number of carbonyl (C=O) groups excluding carboxylic acids is 2. The number of aliphatic hydroxyl groups excluding tert-OH is 1. The lowest BCUT2D eigenvalue weighted by Crippen LogP contribution is -2.51. The second kappa shape index (κ2) is 12.5. The Kier molecular flexibility index (Phi) is 8.53. The zero-order valence-corrected chi connectivity index (χ0v) is 24.4. The molecular formula is C32H29F3N4O4S. The predicted molar refractivity (Wildman–Crippen MR) is 156 cm³/mol. The third kappa shape index (κ3) is 6.00. The number of benzene rings is 3. The number of aliphatic hydroxyl groups is 1. The fraction of sp³-hybridized carbons (Fsp3) is 0.344. The molecule has 8 nitrogen and oxygen atoms in total. The van der Waals surface area contributed by atoms with Gasteiger partial charge in [0, 0.05) is 52.9 Å². The maximum atomic E-state index is 15.1. The number of nitriles is 1. The standard InChI is InChI=1S/C32H29F3N4O4S/c33-23-14-29(44-20-8-10-38(11-9-20)26-5-4-18(15-36)12-24(26)34)25(35)13-19(23)17-43-28-3-1-2-21-22(28)16-39(32(21)42)27-6-7-30(40)37-31(27)41/h1-5,12-14,20,27,32,42H,6-11,16-17H2,(H,37,40,41)/t27-,32?/m0/s1. The van der Waals surface area contributed by atoms with Crippen LogP contribution in [-0.4, -0.2) is 46.2 Å². The summed E-state index contributed by atoms with van der Waals surface area (Å²) in [6.45, 7) is 1.05. The topological polar surface area (TPSA) is 106 Å². The summed E-state index contributed by atoms with van der Waals surface area (Å²) >= 11 is 1.26. The maximum absolute atomic E-state index is 15.1. The molecule has 3 heterocycles. The number of hydrogen-bond donors (Lipinski definition) is 2. The van der Waals surface area contributed by atoms with Gasteiger partial charge in [-0.05, 0) is 55.7 Å². The molecular weight excluding hydrogens is 593 g/mol. The maximum Gasteiger partial charge on any atom is 0.244 e. The average Bonchev–Trinajstić information content (AvgIpc) is 3.35. The van der Waals surface area contributed by atoms with E-state index in [1.807, 2.05) is 11.0 Å². The summed E-state index contributed by atoms with van der Waals surface area (Å²) in [4.78, 5) is 27.6. The molecule has 2 atom stereocenters. The number of carbonyl (C=O) groups is 2. The summed E-state index contributed by atoms with van der Waals surface area (Å²) in [6.07, 6.45) is 0.692. The van der Waals surface area contributed by atoms with Crippen LogP contribution in [0.15, 0.2) is 53.4 Å². The first kappa shape index (κ1) is 30.0. The molecule has 3 aromatic carbocycles. The monoisotopic (exact) mass is 622 g/mol. The highest BCUT2D eigenvalue weighted by molar-refractivity contribution is 8.00. The summed E-state index contributed by atoms with van der Waals surface area (Å²) in [7, 11) is 0. The lowest BCUT2D eigenvalue weighted by atomic mass is 10.0. The molecule has 2 N–H and O–H groups in total. The van der Waals surface area contributed by atoms with Gasteiger partial charge < -0.3 is 14.7 Å². The highest BCUT2D eigenvalue weighted by Gasteiger charge is 2.40. The number of halogens is 3. The van der Waals surface area contributed by atoms with Crippen LogP contribution in [0.1, 0.15) is 54.2 Å². The largest absolute Gasteiger partial charge is 0.488 e. The van der Waals surface area contributed by atoms with Crippen LogP contribution in [0.4, 0.5) is 18.9 Å². The summed E-state index contributed by atoms with van der Waals surface area (Å²) < 4.78 is 50.6. The van der Waals surface area contributed by atoms with Crippen LogP contribution in [0, 0.1) is 28.8 Å². The SMILES string of the molecule is N#Cc1ccc(N2CCC(Sc3cc(F)c(COc4cccc5c4CN([C@H]4CCC(=O)NC4=O)C5O)cc3F)CC2)c(F)c1. The van der Waals surface area contributed by atoms with Crippen LogP contribution in [0.25, 0.3) is 0 Å². The van der Waals surface area contributed by atoms with Crippen molar-refractivity contribution in [3.63, 3.8) is 0 Å². The van der Waals surface area contributed by atoms with Crippen molar-refractivity contribution in [2.75, 3.05) is 18.0 Å². The summed E-state index contributed by atoms with van der Waals surface area (Å²) in [5, 5.41) is 22.2. The second-order valence-electron chi connectivity index (χ2n) is 11.1. The number of imide groups is 1. The number of nitrogens with zero attached hydrogens (tertiary/aromatic N) is 3. The van der Waals surface area contributed by atoms with E-state index in [0.717, 1.165) is 6.07 Å². The fourth-order valence-electron chi connectivity index (χ4n) is 6.01. The molecule has 0 aromatic heterocycles. The zero-order valence-electron chi connectivity index (χ0n) is 23.6. The van der Waals surface area contributed by atoms with Crippen molar-refractivity contribution in [1.82, 2.24) is 10.2 Å². The van der Waals surface area contributed by atoms with Gasteiger partial charge in [0.15, 0.2) is 0 Å². The van der Waals surface area contributed by atoms with E-state index in [1.54, 1.807) is 35.2 Å². The van der Waals surface area contributed by atoms with E-state index in [0.29, 0.717) is 48.5 Å². The Morgan fingerprint density at radius 2 is 1.82 bits per heavy atom. The number of nitrogens with one attached hydrogen (secondary N) is 1. The first-order chi connectivity index (χ1) is 21.2. The number of thioether (sulfide) groups is 1. The molecule has 0 spiro atoms. The van der Waals surface area contributed by atoms with Gasteiger partial charge in [-0.2, -0.15) is 5.26 Å². The van der Waals surface area contributed by atoms with Crippen molar-refractivity contribution in [2.45, 2.75) is 61.3 Å². The number of hydrogen-bond acceptors (Lipinski definition) is 8. The fourth-order valence-corrected chi connectivity index (χ4v) is 7.16. The number of piperidine rings is 2. The van der Waals surface area contributed by atoms with Crippen LogP contribution in [0.5, 0.6) is 5.75 Å². The van der Waals surface area contributed by atoms with Crippen LogP contribution >= 0.6 is 11.8 Å². The number of rotatable bonds is 7. The van der Waals surface area contributed by atoms with E-state index in [-0.39, 0.29) is 53.2 Å². The highest BCUT2D eigenvalue weighted by Crippen LogP contribution is 2.40. The van der Waals surface area contributed by atoms with Crippen molar-refractivity contribution in [2.24, 2.45) is 0 Å². The van der Waals surface area contributed by atoms with Crippen LogP contribution in [-0.2, 0) is 22.7 Å². The zero-order chi connectivity index (χ0) is 31.0. The Morgan fingerprint density at radius 3 is 2.55 bits per heavy atom. The molecule has 3 aliphatic heterocycles. The van der Waals surface area contributed by atoms with E-state index in [9.17, 15) is 19.1 Å².